The highest BCUT2D eigenvalue weighted by Crippen LogP contribution is 2.22. The SMILES string of the molecule is CCc1cccc(Oc2cc(CNC)cc(C)n2)c1. The maximum absolute atomic E-state index is 5.85. The van der Waals surface area contributed by atoms with Gasteiger partial charge in [0, 0.05) is 18.3 Å². The molecule has 0 amide bonds. The molecule has 0 atom stereocenters. The highest BCUT2D eigenvalue weighted by Gasteiger charge is 2.03. The van der Waals surface area contributed by atoms with E-state index in [1.54, 1.807) is 0 Å². The Morgan fingerprint density at radius 3 is 2.74 bits per heavy atom. The second-order valence-corrected chi connectivity index (χ2v) is 4.59. The van der Waals surface area contributed by atoms with Gasteiger partial charge in [0.2, 0.25) is 5.88 Å². The number of aryl methyl sites for hydroxylation is 2. The fourth-order valence-electron chi connectivity index (χ4n) is 2.02. The summed E-state index contributed by atoms with van der Waals surface area (Å²) in [6, 6.07) is 12.2. The average Bonchev–Trinajstić information content (AvgIpc) is 2.38. The number of hydrogen-bond acceptors (Lipinski definition) is 3. The van der Waals surface area contributed by atoms with Crippen LogP contribution < -0.4 is 10.1 Å². The van der Waals surface area contributed by atoms with Crippen LogP contribution in [-0.4, -0.2) is 12.0 Å². The van der Waals surface area contributed by atoms with Gasteiger partial charge in [-0.15, -0.1) is 0 Å². The van der Waals surface area contributed by atoms with E-state index in [2.05, 4.69) is 35.4 Å². The predicted octanol–water partition coefficient (Wildman–Crippen LogP) is 3.46. The summed E-state index contributed by atoms with van der Waals surface area (Å²) in [7, 11) is 1.93. The molecular weight excluding hydrogens is 236 g/mol. The van der Waals surface area contributed by atoms with Crippen LogP contribution in [-0.2, 0) is 13.0 Å². The molecule has 0 aliphatic heterocycles. The van der Waals surface area contributed by atoms with E-state index in [9.17, 15) is 0 Å². The minimum atomic E-state index is 0.651. The summed E-state index contributed by atoms with van der Waals surface area (Å²) < 4.78 is 5.85. The van der Waals surface area contributed by atoms with E-state index in [1.807, 2.05) is 32.2 Å². The molecule has 19 heavy (non-hydrogen) atoms. The molecule has 0 saturated carbocycles. The van der Waals surface area contributed by atoms with Crippen LogP contribution in [0, 0.1) is 6.92 Å². The van der Waals surface area contributed by atoms with E-state index in [0.717, 1.165) is 24.4 Å². The number of rotatable bonds is 5. The minimum absolute atomic E-state index is 0.651. The summed E-state index contributed by atoms with van der Waals surface area (Å²) in [6.07, 6.45) is 1.00. The molecule has 0 aliphatic carbocycles. The number of nitrogens with zero attached hydrogens (tertiary/aromatic N) is 1. The van der Waals surface area contributed by atoms with Crippen LogP contribution in [0.4, 0.5) is 0 Å². The number of benzene rings is 1. The van der Waals surface area contributed by atoms with Crippen molar-refractivity contribution in [3.8, 4) is 11.6 Å². The lowest BCUT2D eigenvalue weighted by atomic mass is 10.2. The smallest absolute Gasteiger partial charge is 0.219 e. The van der Waals surface area contributed by atoms with Gasteiger partial charge in [-0.3, -0.25) is 0 Å². The largest absolute Gasteiger partial charge is 0.439 e. The number of ether oxygens (including phenoxy) is 1. The molecule has 2 aromatic rings. The monoisotopic (exact) mass is 256 g/mol. The Bertz CT molecular complexity index is 552. The molecule has 0 spiro atoms. The number of hydrogen-bond donors (Lipinski definition) is 1. The average molecular weight is 256 g/mol. The third kappa shape index (κ3) is 3.80. The van der Waals surface area contributed by atoms with Crippen molar-refractivity contribution in [3.63, 3.8) is 0 Å². The van der Waals surface area contributed by atoms with Gasteiger partial charge in [0.1, 0.15) is 5.75 Å². The number of pyridine rings is 1. The first-order valence-corrected chi connectivity index (χ1v) is 6.60. The summed E-state index contributed by atoms with van der Waals surface area (Å²) in [4.78, 5) is 4.42. The Hall–Kier alpha value is -1.87. The summed E-state index contributed by atoms with van der Waals surface area (Å²) in [5.74, 6) is 1.49. The standard InChI is InChI=1S/C16H20N2O/c1-4-13-6-5-7-15(9-13)19-16-10-14(11-17-3)8-12(2)18-16/h5-10,17H,4,11H2,1-3H3. The quantitative estimate of drug-likeness (QED) is 0.889. The van der Waals surface area contributed by atoms with E-state index < -0.39 is 0 Å². The van der Waals surface area contributed by atoms with E-state index in [1.165, 1.54) is 11.1 Å². The highest BCUT2D eigenvalue weighted by molar-refractivity contribution is 5.33. The number of nitrogens with one attached hydrogen (secondary N) is 1. The lowest BCUT2D eigenvalue weighted by Crippen LogP contribution is -2.06. The zero-order valence-corrected chi connectivity index (χ0v) is 11.7. The normalized spacial score (nSPS) is 10.5. The van der Waals surface area contributed by atoms with Gasteiger partial charge in [0.25, 0.3) is 0 Å². The molecule has 1 aromatic carbocycles. The molecule has 3 nitrogen and oxygen atoms in total. The lowest BCUT2D eigenvalue weighted by Gasteiger charge is -2.09. The van der Waals surface area contributed by atoms with Gasteiger partial charge in [-0.2, -0.15) is 0 Å². The Balaban J connectivity index is 2.22. The van der Waals surface area contributed by atoms with E-state index in [0.29, 0.717) is 5.88 Å². The zero-order chi connectivity index (χ0) is 13.7. The molecule has 1 heterocycles. The topological polar surface area (TPSA) is 34.1 Å². The molecule has 3 heteroatoms. The van der Waals surface area contributed by atoms with Gasteiger partial charge in [-0.05, 0) is 49.7 Å². The summed E-state index contributed by atoms with van der Waals surface area (Å²) in [6.45, 7) is 4.93. The highest BCUT2D eigenvalue weighted by atomic mass is 16.5. The van der Waals surface area contributed by atoms with Crippen LogP contribution in [0.5, 0.6) is 11.6 Å². The fourth-order valence-corrected chi connectivity index (χ4v) is 2.02. The van der Waals surface area contributed by atoms with Crippen molar-refractivity contribution in [2.45, 2.75) is 26.8 Å². The first kappa shape index (κ1) is 13.6. The van der Waals surface area contributed by atoms with Crippen molar-refractivity contribution in [2.75, 3.05) is 7.05 Å². The van der Waals surface area contributed by atoms with Crippen molar-refractivity contribution in [1.29, 1.82) is 0 Å². The van der Waals surface area contributed by atoms with E-state index in [4.69, 9.17) is 4.74 Å². The zero-order valence-electron chi connectivity index (χ0n) is 11.7. The molecule has 0 radical (unpaired) electrons. The molecule has 2 rings (SSSR count). The maximum Gasteiger partial charge on any atom is 0.219 e. The van der Waals surface area contributed by atoms with Crippen molar-refractivity contribution >= 4 is 0 Å². The maximum atomic E-state index is 5.85. The summed E-state index contributed by atoms with van der Waals surface area (Å²) >= 11 is 0. The van der Waals surface area contributed by atoms with Crippen LogP contribution in [0.2, 0.25) is 0 Å². The van der Waals surface area contributed by atoms with Gasteiger partial charge in [-0.1, -0.05) is 19.1 Å². The van der Waals surface area contributed by atoms with Crippen LogP contribution in [0.3, 0.4) is 0 Å². The molecule has 0 fully saturated rings. The second-order valence-electron chi connectivity index (χ2n) is 4.59. The van der Waals surface area contributed by atoms with Crippen LogP contribution in [0.1, 0.15) is 23.7 Å². The third-order valence-electron chi connectivity index (χ3n) is 2.90. The van der Waals surface area contributed by atoms with Gasteiger partial charge < -0.3 is 10.1 Å². The molecule has 0 saturated heterocycles. The van der Waals surface area contributed by atoms with Crippen molar-refractivity contribution in [2.24, 2.45) is 0 Å². The van der Waals surface area contributed by atoms with Crippen LogP contribution in [0.25, 0.3) is 0 Å². The molecule has 1 aromatic heterocycles. The Morgan fingerprint density at radius 2 is 2.00 bits per heavy atom. The molecule has 100 valence electrons. The molecule has 1 N–H and O–H groups in total. The van der Waals surface area contributed by atoms with Crippen LogP contribution >= 0.6 is 0 Å². The van der Waals surface area contributed by atoms with E-state index >= 15 is 0 Å². The molecule has 0 bridgehead atoms. The predicted molar refractivity (Wildman–Crippen MR) is 77.6 cm³/mol. The van der Waals surface area contributed by atoms with Crippen molar-refractivity contribution < 1.29 is 4.74 Å². The first-order chi connectivity index (χ1) is 9.21. The van der Waals surface area contributed by atoms with Crippen molar-refractivity contribution in [1.82, 2.24) is 10.3 Å². The van der Waals surface area contributed by atoms with Gasteiger partial charge in [0.05, 0.1) is 0 Å². The Morgan fingerprint density at radius 1 is 1.16 bits per heavy atom. The molecule has 0 aliphatic rings. The van der Waals surface area contributed by atoms with Crippen LogP contribution in [0.15, 0.2) is 36.4 Å². The summed E-state index contributed by atoms with van der Waals surface area (Å²) in [5.41, 5.74) is 3.41. The second kappa shape index (κ2) is 6.34. The third-order valence-corrected chi connectivity index (χ3v) is 2.90. The Labute approximate surface area is 114 Å². The molecular formula is C16H20N2O. The van der Waals surface area contributed by atoms with Gasteiger partial charge >= 0.3 is 0 Å². The Kier molecular flexibility index (Phi) is 4.53. The molecule has 0 unspecified atom stereocenters. The number of aromatic nitrogens is 1. The van der Waals surface area contributed by atoms with E-state index in [-0.39, 0.29) is 0 Å². The lowest BCUT2D eigenvalue weighted by molar-refractivity contribution is 0.460. The fraction of sp³-hybridized carbons (Fsp3) is 0.312. The summed E-state index contributed by atoms with van der Waals surface area (Å²) in [5, 5.41) is 3.14. The van der Waals surface area contributed by atoms with Gasteiger partial charge in [0.15, 0.2) is 0 Å². The first-order valence-electron chi connectivity index (χ1n) is 6.60. The minimum Gasteiger partial charge on any atom is -0.439 e. The van der Waals surface area contributed by atoms with Gasteiger partial charge in [-0.25, -0.2) is 4.98 Å². The van der Waals surface area contributed by atoms with Crippen molar-refractivity contribution in [3.05, 3.63) is 53.2 Å².